The number of nitrogens with one attached hydrogen (secondary N) is 2. The lowest BCUT2D eigenvalue weighted by molar-refractivity contribution is -0.137. The molecule has 0 saturated heterocycles. The van der Waals surface area contributed by atoms with E-state index in [1.807, 2.05) is 0 Å². The molecule has 156 valence electrons. The number of alkyl halides is 3. The molecule has 1 amide bonds. The quantitative estimate of drug-likeness (QED) is 0.616. The summed E-state index contributed by atoms with van der Waals surface area (Å²) in [5, 5.41) is 10.9. The van der Waals surface area contributed by atoms with E-state index in [9.17, 15) is 22.8 Å². The number of aromatic amines is 1. The van der Waals surface area contributed by atoms with Crippen molar-refractivity contribution in [2.24, 2.45) is 0 Å². The highest BCUT2D eigenvalue weighted by atomic mass is 35.5. The predicted molar refractivity (Wildman–Crippen MR) is 105 cm³/mol. The third-order valence-electron chi connectivity index (χ3n) is 4.22. The minimum absolute atomic E-state index is 0.0393. The van der Waals surface area contributed by atoms with Crippen LogP contribution in [0.5, 0.6) is 0 Å². The monoisotopic (exact) mass is 436 g/mol. The molecule has 0 aliphatic heterocycles. The van der Waals surface area contributed by atoms with E-state index in [4.69, 9.17) is 11.6 Å². The molecule has 6 nitrogen and oxygen atoms in total. The molecule has 0 bridgehead atoms. The molecular weight excluding hydrogens is 421 g/mol. The summed E-state index contributed by atoms with van der Waals surface area (Å²) in [5.41, 5.74) is -0.211. The van der Waals surface area contributed by atoms with Crippen LogP contribution in [0, 0.1) is 0 Å². The molecule has 3 aromatic rings. The standard InChI is InChI=1S/C20H16ClF3N4O2/c21-15-6-4-13(5-7-15)18-26-19(30)16(27-28-18)8-9-17(29)25-11-12-2-1-3-14(10-12)20(22,23)24/h1-7,10H,8-9,11H2,(H,25,29)(H,26,28,30). The number of halogens is 4. The Morgan fingerprint density at radius 2 is 1.83 bits per heavy atom. The fraction of sp³-hybridized carbons (Fsp3) is 0.200. The Morgan fingerprint density at radius 1 is 1.10 bits per heavy atom. The molecule has 0 unspecified atom stereocenters. The molecule has 10 heteroatoms. The van der Waals surface area contributed by atoms with E-state index in [2.05, 4.69) is 20.5 Å². The Bertz CT molecular complexity index is 1100. The van der Waals surface area contributed by atoms with Gasteiger partial charge in [-0.2, -0.15) is 13.2 Å². The number of carbonyl (C=O) groups excluding carboxylic acids is 1. The predicted octanol–water partition coefficient (Wildman–Crippen LogP) is 3.75. The molecule has 0 aliphatic rings. The summed E-state index contributed by atoms with van der Waals surface area (Å²) in [4.78, 5) is 26.8. The van der Waals surface area contributed by atoms with Crippen LogP contribution in [0.1, 0.15) is 23.2 Å². The number of H-pyrrole nitrogens is 1. The van der Waals surface area contributed by atoms with Crippen molar-refractivity contribution in [1.82, 2.24) is 20.5 Å². The Balaban J connectivity index is 1.56. The second-order valence-electron chi connectivity index (χ2n) is 6.43. The molecule has 3 rings (SSSR count). The lowest BCUT2D eigenvalue weighted by atomic mass is 10.1. The van der Waals surface area contributed by atoms with Crippen molar-refractivity contribution in [3.05, 3.63) is 80.7 Å². The highest BCUT2D eigenvalue weighted by Crippen LogP contribution is 2.29. The first-order valence-electron chi connectivity index (χ1n) is 8.87. The van der Waals surface area contributed by atoms with Crippen molar-refractivity contribution in [2.75, 3.05) is 0 Å². The third kappa shape index (κ3) is 5.66. The SMILES string of the molecule is O=C(CCc1nnc(-c2ccc(Cl)cc2)[nH]c1=O)NCc1cccc(C(F)(F)F)c1. The maximum absolute atomic E-state index is 12.7. The summed E-state index contributed by atoms with van der Waals surface area (Å²) < 4.78 is 38.2. The van der Waals surface area contributed by atoms with Crippen LogP contribution in [0.15, 0.2) is 53.3 Å². The number of rotatable bonds is 6. The van der Waals surface area contributed by atoms with Gasteiger partial charge in [0.2, 0.25) is 5.91 Å². The molecule has 0 fully saturated rings. The molecule has 30 heavy (non-hydrogen) atoms. The zero-order valence-electron chi connectivity index (χ0n) is 15.5. The van der Waals surface area contributed by atoms with Crippen molar-refractivity contribution >= 4 is 17.5 Å². The Morgan fingerprint density at radius 3 is 2.50 bits per heavy atom. The third-order valence-corrected chi connectivity index (χ3v) is 4.47. The van der Waals surface area contributed by atoms with E-state index in [1.54, 1.807) is 24.3 Å². The van der Waals surface area contributed by atoms with Gasteiger partial charge >= 0.3 is 6.18 Å². The number of aromatic nitrogens is 3. The maximum atomic E-state index is 12.7. The number of carbonyl (C=O) groups is 1. The average molecular weight is 437 g/mol. The van der Waals surface area contributed by atoms with Crippen molar-refractivity contribution in [3.63, 3.8) is 0 Å². The van der Waals surface area contributed by atoms with Crippen LogP contribution in [0.2, 0.25) is 5.02 Å². The molecule has 2 aromatic carbocycles. The lowest BCUT2D eigenvalue weighted by Crippen LogP contribution is -2.25. The van der Waals surface area contributed by atoms with Crippen molar-refractivity contribution < 1.29 is 18.0 Å². The molecule has 0 radical (unpaired) electrons. The van der Waals surface area contributed by atoms with Gasteiger partial charge in [0.05, 0.1) is 5.56 Å². The van der Waals surface area contributed by atoms with Gasteiger partial charge < -0.3 is 10.3 Å². The minimum Gasteiger partial charge on any atom is -0.352 e. The molecule has 1 aromatic heterocycles. The van der Waals surface area contributed by atoms with Crippen LogP contribution in [-0.2, 0) is 23.9 Å². The lowest BCUT2D eigenvalue weighted by Gasteiger charge is -2.09. The van der Waals surface area contributed by atoms with E-state index in [0.717, 1.165) is 12.1 Å². The number of amides is 1. The number of hydrogen-bond donors (Lipinski definition) is 2. The summed E-state index contributed by atoms with van der Waals surface area (Å²) in [5.74, 6) is -0.148. The molecule has 1 heterocycles. The summed E-state index contributed by atoms with van der Waals surface area (Å²) >= 11 is 5.82. The average Bonchev–Trinajstić information content (AvgIpc) is 2.71. The van der Waals surface area contributed by atoms with Crippen LogP contribution >= 0.6 is 11.6 Å². The molecule has 2 N–H and O–H groups in total. The number of benzene rings is 2. The van der Waals surface area contributed by atoms with Crippen molar-refractivity contribution in [1.29, 1.82) is 0 Å². The summed E-state index contributed by atoms with van der Waals surface area (Å²) in [6.45, 7) is -0.0553. The highest BCUT2D eigenvalue weighted by Gasteiger charge is 2.30. The van der Waals surface area contributed by atoms with Crippen molar-refractivity contribution in [3.8, 4) is 11.4 Å². The number of aryl methyl sites for hydroxylation is 1. The van der Waals surface area contributed by atoms with Gasteiger partial charge in [0.15, 0.2) is 5.82 Å². The summed E-state index contributed by atoms with van der Waals surface area (Å²) in [6.07, 6.45) is -4.47. The van der Waals surface area contributed by atoms with Crippen LogP contribution in [0.25, 0.3) is 11.4 Å². The van der Waals surface area contributed by atoms with Gasteiger partial charge in [0, 0.05) is 30.0 Å². The number of nitrogens with zero attached hydrogens (tertiary/aromatic N) is 2. The van der Waals surface area contributed by atoms with Gasteiger partial charge in [-0.25, -0.2) is 0 Å². The fourth-order valence-electron chi connectivity index (χ4n) is 2.64. The minimum atomic E-state index is -4.45. The van der Waals surface area contributed by atoms with Gasteiger partial charge in [0.1, 0.15) is 5.69 Å². The molecule has 0 saturated carbocycles. The topological polar surface area (TPSA) is 87.7 Å². The largest absolute Gasteiger partial charge is 0.416 e. The summed E-state index contributed by atoms with van der Waals surface area (Å²) in [6, 6.07) is 11.4. The molecular formula is C20H16ClF3N4O2. The Kier molecular flexibility index (Phi) is 6.51. The molecule has 0 aliphatic carbocycles. The van der Waals surface area contributed by atoms with Gasteiger partial charge in [-0.1, -0.05) is 23.7 Å². The smallest absolute Gasteiger partial charge is 0.352 e. The summed E-state index contributed by atoms with van der Waals surface area (Å²) in [7, 11) is 0. The highest BCUT2D eigenvalue weighted by molar-refractivity contribution is 6.30. The zero-order valence-corrected chi connectivity index (χ0v) is 16.2. The second-order valence-corrected chi connectivity index (χ2v) is 6.87. The maximum Gasteiger partial charge on any atom is 0.416 e. The van der Waals surface area contributed by atoms with E-state index >= 15 is 0 Å². The van der Waals surface area contributed by atoms with Crippen LogP contribution in [-0.4, -0.2) is 21.1 Å². The first-order chi connectivity index (χ1) is 14.2. The Labute approximate surface area is 174 Å². The number of hydrogen-bond acceptors (Lipinski definition) is 4. The van der Waals surface area contributed by atoms with Gasteiger partial charge in [-0.15, -0.1) is 10.2 Å². The van der Waals surface area contributed by atoms with E-state index in [-0.39, 0.29) is 30.9 Å². The van der Waals surface area contributed by atoms with Crippen LogP contribution in [0.3, 0.4) is 0 Å². The normalized spacial score (nSPS) is 11.3. The van der Waals surface area contributed by atoms with Gasteiger partial charge in [-0.05, 0) is 42.0 Å². The van der Waals surface area contributed by atoms with E-state index in [1.165, 1.54) is 12.1 Å². The van der Waals surface area contributed by atoms with Gasteiger partial charge in [-0.3, -0.25) is 9.59 Å². The van der Waals surface area contributed by atoms with Gasteiger partial charge in [0.25, 0.3) is 5.56 Å². The first-order valence-corrected chi connectivity index (χ1v) is 9.25. The first kappa shape index (κ1) is 21.5. The fourth-order valence-corrected chi connectivity index (χ4v) is 2.77. The molecule has 0 spiro atoms. The van der Waals surface area contributed by atoms with E-state index < -0.39 is 23.2 Å². The van der Waals surface area contributed by atoms with Crippen LogP contribution < -0.4 is 10.9 Å². The Hall–Kier alpha value is -3.20. The van der Waals surface area contributed by atoms with Crippen molar-refractivity contribution in [2.45, 2.75) is 25.6 Å². The molecule has 0 atom stereocenters. The van der Waals surface area contributed by atoms with E-state index in [0.29, 0.717) is 16.1 Å². The van der Waals surface area contributed by atoms with Crippen LogP contribution in [0.4, 0.5) is 13.2 Å². The zero-order chi connectivity index (χ0) is 21.7. The second kappa shape index (κ2) is 9.08.